The Balaban J connectivity index is 1.14. The van der Waals surface area contributed by atoms with E-state index < -0.39 is 0 Å². The fourth-order valence-electron chi connectivity index (χ4n) is 4.19. The molecule has 0 saturated carbocycles. The van der Waals surface area contributed by atoms with Crippen molar-refractivity contribution in [3.8, 4) is 17.3 Å². The fraction of sp³-hybridized carbons (Fsp3) is 0.346. The summed E-state index contributed by atoms with van der Waals surface area (Å²) in [7, 11) is 0. The minimum Gasteiger partial charge on any atom is -0.484 e. The van der Waals surface area contributed by atoms with E-state index >= 15 is 0 Å². The largest absolute Gasteiger partial charge is 0.484 e. The van der Waals surface area contributed by atoms with Gasteiger partial charge in [-0.05, 0) is 62.1 Å². The summed E-state index contributed by atoms with van der Waals surface area (Å²) in [5, 5.41) is 12.6. The zero-order valence-corrected chi connectivity index (χ0v) is 21.0. The number of carbonyl (C=O) groups is 1. The van der Waals surface area contributed by atoms with Gasteiger partial charge in [0.2, 0.25) is 11.8 Å². The van der Waals surface area contributed by atoms with E-state index in [0.717, 1.165) is 43.1 Å². The number of anilines is 1. The Morgan fingerprint density at radius 3 is 2.71 bits per heavy atom. The third-order valence-corrected chi connectivity index (χ3v) is 6.17. The first kappa shape index (κ1) is 25.2. The molecule has 0 fully saturated rings. The molecule has 0 aliphatic heterocycles. The first-order chi connectivity index (χ1) is 18.6. The first-order valence-corrected chi connectivity index (χ1v) is 12.7. The lowest BCUT2D eigenvalue weighted by atomic mass is 10.1. The van der Waals surface area contributed by atoms with Gasteiger partial charge >= 0.3 is 0 Å². The van der Waals surface area contributed by atoms with E-state index in [2.05, 4.69) is 25.5 Å². The number of rotatable bonds is 13. The molecule has 0 bridgehead atoms. The van der Waals surface area contributed by atoms with Crippen molar-refractivity contribution in [3.05, 3.63) is 54.4 Å². The molecule has 0 radical (unpaired) electrons. The highest BCUT2D eigenvalue weighted by molar-refractivity contribution is 5.90. The van der Waals surface area contributed by atoms with Crippen LogP contribution in [0.2, 0.25) is 0 Å². The number of nitrogens with one attached hydrogen (secondary N) is 1. The quantitative estimate of drug-likeness (QED) is 0.199. The predicted molar refractivity (Wildman–Crippen MR) is 142 cm³/mol. The van der Waals surface area contributed by atoms with Crippen LogP contribution in [0.4, 0.5) is 5.95 Å². The second-order valence-electron chi connectivity index (χ2n) is 8.96. The molecule has 4 aromatic heterocycles. The van der Waals surface area contributed by atoms with Crippen LogP contribution in [-0.2, 0) is 17.8 Å². The minimum absolute atomic E-state index is 0.00105. The van der Waals surface area contributed by atoms with E-state index in [0.29, 0.717) is 48.3 Å². The number of hydrogen-bond donors (Lipinski definition) is 3. The molecule has 12 nitrogen and oxygen atoms in total. The van der Waals surface area contributed by atoms with Crippen LogP contribution in [0.25, 0.3) is 28.3 Å². The number of ether oxygens (including phenoxy) is 1. The fourth-order valence-corrected chi connectivity index (χ4v) is 4.19. The Labute approximate surface area is 219 Å². The molecule has 5 aromatic rings. The number of aromatic nitrogens is 6. The van der Waals surface area contributed by atoms with Crippen LogP contribution >= 0.6 is 0 Å². The molecule has 0 saturated heterocycles. The van der Waals surface area contributed by atoms with Crippen LogP contribution in [0, 0.1) is 0 Å². The van der Waals surface area contributed by atoms with Gasteiger partial charge in [-0.1, -0.05) is 18.6 Å². The summed E-state index contributed by atoms with van der Waals surface area (Å²) < 4.78 is 14.3. The van der Waals surface area contributed by atoms with Gasteiger partial charge in [-0.15, -0.1) is 5.10 Å². The summed E-state index contributed by atoms with van der Waals surface area (Å²) in [6, 6.07) is 11.4. The maximum atomic E-state index is 11.9. The molecule has 0 aliphatic carbocycles. The molecule has 5 rings (SSSR count). The number of amides is 1. The predicted octanol–water partition coefficient (Wildman–Crippen LogP) is 2.57. The van der Waals surface area contributed by atoms with Crippen LogP contribution in [0.3, 0.4) is 0 Å². The number of hydrogen-bond acceptors (Lipinski definition) is 9. The van der Waals surface area contributed by atoms with Crippen LogP contribution < -0.4 is 21.5 Å². The normalized spacial score (nSPS) is 11.4. The molecule has 0 atom stereocenters. The van der Waals surface area contributed by atoms with E-state index in [-0.39, 0.29) is 18.5 Å². The van der Waals surface area contributed by atoms with Crippen LogP contribution in [-0.4, -0.2) is 55.0 Å². The maximum absolute atomic E-state index is 11.9. The number of furan rings is 1. The van der Waals surface area contributed by atoms with Gasteiger partial charge in [0.15, 0.2) is 23.7 Å². The van der Waals surface area contributed by atoms with E-state index in [1.807, 2.05) is 28.9 Å². The van der Waals surface area contributed by atoms with Gasteiger partial charge in [0.25, 0.3) is 5.91 Å². The number of nitrogen functional groups attached to an aromatic ring is 1. The lowest BCUT2D eigenvalue weighted by Crippen LogP contribution is -2.29. The van der Waals surface area contributed by atoms with Crippen LogP contribution in [0.5, 0.6) is 5.75 Å². The Morgan fingerprint density at radius 1 is 1.05 bits per heavy atom. The zero-order chi connectivity index (χ0) is 26.3. The van der Waals surface area contributed by atoms with Gasteiger partial charge in [0.05, 0.1) is 17.8 Å². The van der Waals surface area contributed by atoms with E-state index in [1.54, 1.807) is 24.6 Å². The summed E-state index contributed by atoms with van der Waals surface area (Å²) >= 11 is 0. The number of unbranched alkanes of at least 4 members (excludes halogenated alkanes) is 2. The third kappa shape index (κ3) is 5.75. The topological polar surface area (TPSA) is 164 Å². The monoisotopic (exact) mass is 517 g/mol. The van der Waals surface area contributed by atoms with Gasteiger partial charge < -0.3 is 25.9 Å². The Bertz CT molecular complexity index is 1490. The highest BCUT2D eigenvalue weighted by Crippen LogP contribution is 2.23. The van der Waals surface area contributed by atoms with Gasteiger partial charge in [0, 0.05) is 13.1 Å². The number of nitrogens with zero attached hydrogens (tertiary/aromatic N) is 6. The van der Waals surface area contributed by atoms with Crippen molar-refractivity contribution in [2.75, 3.05) is 25.4 Å². The maximum Gasteiger partial charge on any atom is 0.257 e. The summed E-state index contributed by atoms with van der Waals surface area (Å²) in [6.07, 6.45) is 7.91. The number of fused-ring (bicyclic) bond motifs is 3. The third-order valence-electron chi connectivity index (χ3n) is 6.17. The summed E-state index contributed by atoms with van der Waals surface area (Å²) in [6.45, 7) is 1.99. The highest BCUT2D eigenvalue weighted by atomic mass is 16.5. The lowest BCUT2D eigenvalue weighted by Gasteiger charge is -2.08. The average molecular weight is 518 g/mol. The van der Waals surface area contributed by atoms with Gasteiger partial charge in [-0.25, -0.2) is 9.67 Å². The summed E-state index contributed by atoms with van der Waals surface area (Å²) in [5.74, 6) is 1.77. The molecule has 0 unspecified atom stereocenters. The first-order valence-electron chi connectivity index (χ1n) is 12.7. The molecular weight excluding hydrogens is 486 g/mol. The molecule has 12 heteroatoms. The van der Waals surface area contributed by atoms with Crippen molar-refractivity contribution in [1.82, 2.24) is 34.7 Å². The smallest absolute Gasteiger partial charge is 0.257 e. The number of benzene rings is 1. The molecule has 0 aliphatic rings. The summed E-state index contributed by atoms with van der Waals surface area (Å²) in [5.41, 5.74) is 14.1. The molecular formula is C26H31N9O3. The lowest BCUT2D eigenvalue weighted by molar-refractivity contribution is -0.123. The molecule has 1 aromatic carbocycles. The van der Waals surface area contributed by atoms with Crippen molar-refractivity contribution < 1.29 is 13.9 Å². The van der Waals surface area contributed by atoms with Crippen LogP contribution in [0.15, 0.2) is 53.3 Å². The average Bonchev–Trinajstić information content (AvgIpc) is 3.68. The standard InChI is InChI=1S/C26H31N9O3/c27-12-2-1-3-13-29-22(36)17-38-19-10-8-18(9-11-19)6-4-14-34-24-20(16-30-34)25-31-23(21-7-5-15-37-21)33-35(25)26(28)32-24/h5,7-11,15-16H,1-4,6,12-14,17,27H2,(H2,28,32)(H,29,36). The number of carbonyl (C=O) groups excluding carboxylic acids is 1. The molecule has 4 heterocycles. The van der Waals surface area contributed by atoms with E-state index in [1.165, 1.54) is 4.52 Å². The molecule has 5 N–H and O–H groups in total. The number of nitrogens with two attached hydrogens (primary N) is 2. The highest BCUT2D eigenvalue weighted by Gasteiger charge is 2.17. The van der Waals surface area contributed by atoms with E-state index in [9.17, 15) is 4.79 Å². The van der Waals surface area contributed by atoms with Crippen molar-refractivity contribution in [2.45, 2.75) is 38.6 Å². The molecule has 38 heavy (non-hydrogen) atoms. The summed E-state index contributed by atoms with van der Waals surface area (Å²) in [4.78, 5) is 21.0. The Hall–Kier alpha value is -4.45. The Kier molecular flexibility index (Phi) is 7.78. The SMILES string of the molecule is NCCCCCNC(=O)COc1ccc(CCCn2ncc3c2nc(N)n2nc(-c4ccco4)nc32)cc1. The van der Waals surface area contributed by atoms with Gasteiger partial charge in [-0.2, -0.15) is 14.6 Å². The van der Waals surface area contributed by atoms with Gasteiger partial charge in [0.1, 0.15) is 5.75 Å². The zero-order valence-electron chi connectivity index (χ0n) is 21.0. The second-order valence-corrected chi connectivity index (χ2v) is 8.96. The molecule has 0 spiro atoms. The van der Waals surface area contributed by atoms with Crippen molar-refractivity contribution >= 4 is 28.5 Å². The van der Waals surface area contributed by atoms with Crippen molar-refractivity contribution in [1.29, 1.82) is 0 Å². The Morgan fingerprint density at radius 2 is 1.92 bits per heavy atom. The minimum atomic E-state index is -0.122. The van der Waals surface area contributed by atoms with E-state index in [4.69, 9.17) is 20.6 Å². The molecule has 1 amide bonds. The number of aryl methyl sites for hydroxylation is 2. The van der Waals surface area contributed by atoms with Crippen LogP contribution in [0.1, 0.15) is 31.2 Å². The van der Waals surface area contributed by atoms with Crippen molar-refractivity contribution in [2.24, 2.45) is 5.73 Å². The van der Waals surface area contributed by atoms with Crippen molar-refractivity contribution in [3.63, 3.8) is 0 Å². The molecule has 198 valence electrons. The van der Waals surface area contributed by atoms with Gasteiger partial charge in [-0.3, -0.25) is 4.79 Å². The second kappa shape index (κ2) is 11.7.